The maximum absolute atomic E-state index is 11.7. The van der Waals surface area contributed by atoms with Gasteiger partial charge in [0.25, 0.3) is 0 Å². The fourth-order valence-electron chi connectivity index (χ4n) is 1.74. The summed E-state index contributed by atoms with van der Waals surface area (Å²) in [7, 11) is 0. The van der Waals surface area contributed by atoms with E-state index in [-0.39, 0.29) is 18.1 Å². The molecule has 2 N–H and O–H groups in total. The summed E-state index contributed by atoms with van der Waals surface area (Å²) in [5.74, 6) is -1.22. The second-order valence-corrected chi connectivity index (χ2v) is 5.04. The molecule has 0 saturated heterocycles. The molecule has 2 heterocycles. The summed E-state index contributed by atoms with van der Waals surface area (Å²) in [5.41, 5.74) is 0.119. The van der Waals surface area contributed by atoms with E-state index in [1.54, 1.807) is 23.6 Å². The monoisotopic (exact) mass is 278 g/mol. The standard InChI is InChI=1S/C13H14N2O3S/c16-12(14-6-5-10-3-2-8-19-10)9-15-7-1-4-11(15)13(17)18/h1-4,7-8H,5-6,9H2,(H,14,16)(H,17,18). The van der Waals surface area contributed by atoms with Crippen molar-refractivity contribution in [2.75, 3.05) is 6.54 Å². The van der Waals surface area contributed by atoms with Gasteiger partial charge in [-0.25, -0.2) is 4.79 Å². The van der Waals surface area contributed by atoms with Crippen LogP contribution in [0.4, 0.5) is 0 Å². The predicted octanol–water partition coefficient (Wildman–Crippen LogP) is 1.61. The van der Waals surface area contributed by atoms with Gasteiger partial charge in [-0.2, -0.15) is 0 Å². The molecule has 0 radical (unpaired) electrons. The minimum Gasteiger partial charge on any atom is -0.477 e. The summed E-state index contributed by atoms with van der Waals surface area (Å²) < 4.78 is 1.42. The number of aromatic nitrogens is 1. The molecular weight excluding hydrogens is 264 g/mol. The van der Waals surface area contributed by atoms with Gasteiger partial charge in [0.15, 0.2) is 0 Å². The van der Waals surface area contributed by atoms with E-state index >= 15 is 0 Å². The largest absolute Gasteiger partial charge is 0.477 e. The van der Waals surface area contributed by atoms with Crippen LogP contribution in [0.1, 0.15) is 15.4 Å². The van der Waals surface area contributed by atoms with Gasteiger partial charge in [0, 0.05) is 17.6 Å². The number of carbonyl (C=O) groups is 2. The summed E-state index contributed by atoms with van der Waals surface area (Å²) in [6.07, 6.45) is 2.38. The molecule has 0 spiro atoms. The van der Waals surface area contributed by atoms with Crippen LogP contribution >= 0.6 is 11.3 Å². The van der Waals surface area contributed by atoms with Crippen molar-refractivity contribution in [2.24, 2.45) is 0 Å². The second-order valence-electron chi connectivity index (χ2n) is 4.01. The highest BCUT2D eigenvalue weighted by atomic mass is 32.1. The second kappa shape index (κ2) is 6.19. The number of hydrogen-bond donors (Lipinski definition) is 2. The normalized spacial score (nSPS) is 10.3. The maximum atomic E-state index is 11.7. The average molecular weight is 278 g/mol. The van der Waals surface area contributed by atoms with E-state index in [1.807, 2.05) is 17.5 Å². The van der Waals surface area contributed by atoms with Crippen LogP contribution in [0.3, 0.4) is 0 Å². The van der Waals surface area contributed by atoms with Crippen molar-refractivity contribution in [3.05, 3.63) is 46.4 Å². The first-order chi connectivity index (χ1) is 9.16. The molecule has 0 fully saturated rings. The molecule has 0 atom stereocenters. The Kier molecular flexibility index (Phi) is 4.35. The van der Waals surface area contributed by atoms with E-state index in [2.05, 4.69) is 5.32 Å². The Morgan fingerprint density at radius 1 is 1.32 bits per heavy atom. The number of aromatic carboxylic acids is 1. The Labute approximate surface area is 114 Å². The number of nitrogens with zero attached hydrogens (tertiary/aromatic N) is 1. The van der Waals surface area contributed by atoms with Gasteiger partial charge in [-0.1, -0.05) is 6.07 Å². The van der Waals surface area contributed by atoms with Crippen molar-refractivity contribution < 1.29 is 14.7 Å². The highest BCUT2D eigenvalue weighted by Gasteiger charge is 2.11. The predicted molar refractivity (Wildman–Crippen MR) is 72.4 cm³/mol. The summed E-state index contributed by atoms with van der Waals surface area (Å²) in [6, 6.07) is 7.08. The molecule has 0 aliphatic heterocycles. The Bertz CT molecular complexity index is 560. The zero-order chi connectivity index (χ0) is 13.7. The summed E-state index contributed by atoms with van der Waals surface area (Å²) in [6.45, 7) is 0.585. The number of amides is 1. The Hall–Kier alpha value is -2.08. The van der Waals surface area contributed by atoms with Crippen molar-refractivity contribution in [1.29, 1.82) is 0 Å². The third-order valence-electron chi connectivity index (χ3n) is 2.64. The lowest BCUT2D eigenvalue weighted by molar-refractivity contribution is -0.121. The lowest BCUT2D eigenvalue weighted by atomic mass is 10.3. The number of thiophene rings is 1. The molecular formula is C13H14N2O3S. The maximum Gasteiger partial charge on any atom is 0.352 e. The fourth-order valence-corrected chi connectivity index (χ4v) is 2.45. The lowest BCUT2D eigenvalue weighted by Gasteiger charge is -2.07. The van der Waals surface area contributed by atoms with Crippen molar-refractivity contribution >= 4 is 23.2 Å². The molecule has 0 aliphatic rings. The Balaban J connectivity index is 1.81. The van der Waals surface area contributed by atoms with Gasteiger partial charge in [-0.05, 0) is 30.0 Å². The molecule has 2 aromatic heterocycles. The number of nitrogens with one attached hydrogen (secondary N) is 1. The van der Waals surface area contributed by atoms with Crippen molar-refractivity contribution in [1.82, 2.24) is 9.88 Å². The van der Waals surface area contributed by atoms with Crippen LogP contribution in [0.15, 0.2) is 35.8 Å². The molecule has 0 bridgehead atoms. The van der Waals surface area contributed by atoms with Gasteiger partial charge in [-0.15, -0.1) is 11.3 Å². The van der Waals surface area contributed by atoms with Crippen LogP contribution in [0.2, 0.25) is 0 Å². The number of carboxylic acids is 1. The molecule has 5 nitrogen and oxygen atoms in total. The Morgan fingerprint density at radius 2 is 2.16 bits per heavy atom. The lowest BCUT2D eigenvalue weighted by Crippen LogP contribution is -2.30. The zero-order valence-corrected chi connectivity index (χ0v) is 11.0. The van der Waals surface area contributed by atoms with Gasteiger partial charge in [0.2, 0.25) is 5.91 Å². The van der Waals surface area contributed by atoms with E-state index in [9.17, 15) is 9.59 Å². The summed E-state index contributed by atoms with van der Waals surface area (Å²) >= 11 is 1.65. The van der Waals surface area contributed by atoms with Gasteiger partial charge in [0.1, 0.15) is 12.2 Å². The van der Waals surface area contributed by atoms with Gasteiger partial charge < -0.3 is 15.0 Å². The van der Waals surface area contributed by atoms with Gasteiger partial charge >= 0.3 is 5.97 Å². The Morgan fingerprint density at radius 3 is 2.84 bits per heavy atom. The quantitative estimate of drug-likeness (QED) is 0.843. The van der Waals surface area contributed by atoms with E-state index in [1.165, 1.54) is 15.5 Å². The highest BCUT2D eigenvalue weighted by Crippen LogP contribution is 2.08. The van der Waals surface area contributed by atoms with Crippen LogP contribution in [0.25, 0.3) is 0 Å². The highest BCUT2D eigenvalue weighted by molar-refractivity contribution is 7.09. The van der Waals surface area contributed by atoms with Crippen molar-refractivity contribution in [3.63, 3.8) is 0 Å². The smallest absolute Gasteiger partial charge is 0.352 e. The third kappa shape index (κ3) is 3.69. The molecule has 2 aromatic rings. The van der Waals surface area contributed by atoms with Crippen molar-refractivity contribution in [2.45, 2.75) is 13.0 Å². The number of carbonyl (C=O) groups excluding carboxylic acids is 1. The van der Waals surface area contributed by atoms with E-state index in [4.69, 9.17) is 5.11 Å². The molecule has 1 amide bonds. The fraction of sp³-hybridized carbons (Fsp3) is 0.231. The first kappa shape index (κ1) is 13.4. The first-order valence-corrected chi connectivity index (χ1v) is 6.72. The number of carboxylic acid groups (broad SMARTS) is 1. The number of hydrogen-bond acceptors (Lipinski definition) is 3. The zero-order valence-electron chi connectivity index (χ0n) is 10.2. The average Bonchev–Trinajstić information content (AvgIpc) is 2.99. The van der Waals surface area contributed by atoms with Crippen LogP contribution in [-0.2, 0) is 17.8 Å². The summed E-state index contributed by atoms with van der Waals surface area (Å²) in [5, 5.41) is 13.7. The van der Waals surface area contributed by atoms with E-state index in [0.29, 0.717) is 6.54 Å². The molecule has 6 heteroatoms. The molecule has 19 heavy (non-hydrogen) atoms. The van der Waals surface area contributed by atoms with Crippen LogP contribution in [-0.4, -0.2) is 28.1 Å². The molecule has 0 aliphatic carbocycles. The molecule has 100 valence electrons. The minimum atomic E-state index is -1.03. The van der Waals surface area contributed by atoms with Gasteiger partial charge in [-0.3, -0.25) is 4.79 Å². The topological polar surface area (TPSA) is 71.3 Å². The van der Waals surface area contributed by atoms with Crippen LogP contribution < -0.4 is 5.32 Å². The van der Waals surface area contributed by atoms with Crippen LogP contribution in [0, 0.1) is 0 Å². The van der Waals surface area contributed by atoms with E-state index < -0.39 is 5.97 Å². The SMILES string of the molecule is O=C(Cn1cccc1C(=O)O)NCCc1cccs1. The minimum absolute atomic E-state index is 0.0269. The summed E-state index contributed by atoms with van der Waals surface area (Å²) in [4.78, 5) is 23.8. The third-order valence-corrected chi connectivity index (χ3v) is 3.57. The molecule has 0 unspecified atom stereocenters. The van der Waals surface area contributed by atoms with E-state index in [0.717, 1.165) is 6.42 Å². The molecule has 0 aromatic carbocycles. The van der Waals surface area contributed by atoms with Crippen LogP contribution in [0.5, 0.6) is 0 Å². The molecule has 2 rings (SSSR count). The first-order valence-electron chi connectivity index (χ1n) is 5.84. The molecule has 0 saturated carbocycles. The van der Waals surface area contributed by atoms with Gasteiger partial charge in [0.05, 0.1) is 0 Å². The number of rotatable bonds is 6. The van der Waals surface area contributed by atoms with Crippen molar-refractivity contribution in [3.8, 4) is 0 Å².